The lowest BCUT2D eigenvalue weighted by atomic mass is 9.50. The zero-order chi connectivity index (χ0) is 6.48. The van der Waals surface area contributed by atoms with E-state index < -0.39 is 0 Å². The molecule has 1 radical (unpaired) electrons. The molecule has 2 heteroatoms. The standard InChI is InChI=1S/C7H10NO/c1-5(9)8-7-2-6(3-7)4-7/h2-4H2,1H3,(H,8,9). The molecule has 3 saturated carbocycles. The largest absolute Gasteiger partial charge is 0.351 e. The molecular weight excluding hydrogens is 114 g/mol. The minimum absolute atomic E-state index is 0.119. The van der Waals surface area contributed by atoms with Gasteiger partial charge in [0.25, 0.3) is 0 Å². The van der Waals surface area contributed by atoms with Gasteiger partial charge in [-0.2, -0.15) is 0 Å². The fourth-order valence-corrected chi connectivity index (χ4v) is 1.79. The predicted molar refractivity (Wildman–Crippen MR) is 33.6 cm³/mol. The zero-order valence-electron chi connectivity index (χ0n) is 5.53. The smallest absolute Gasteiger partial charge is 0.217 e. The van der Waals surface area contributed by atoms with Gasteiger partial charge in [0.15, 0.2) is 0 Å². The molecule has 3 fully saturated rings. The van der Waals surface area contributed by atoms with E-state index in [0.29, 0.717) is 0 Å². The third-order valence-corrected chi connectivity index (χ3v) is 2.21. The molecule has 1 N–H and O–H groups in total. The second-order valence-corrected chi connectivity index (χ2v) is 3.24. The Morgan fingerprint density at radius 2 is 2.11 bits per heavy atom. The highest BCUT2D eigenvalue weighted by Crippen LogP contribution is 2.58. The Morgan fingerprint density at radius 3 is 2.22 bits per heavy atom. The van der Waals surface area contributed by atoms with Gasteiger partial charge in [0.1, 0.15) is 0 Å². The van der Waals surface area contributed by atoms with Gasteiger partial charge in [0.2, 0.25) is 5.91 Å². The van der Waals surface area contributed by atoms with Crippen LogP contribution in [0.2, 0.25) is 0 Å². The molecule has 0 atom stereocenters. The summed E-state index contributed by atoms with van der Waals surface area (Å²) in [5, 5.41) is 2.96. The minimum Gasteiger partial charge on any atom is -0.351 e. The summed E-state index contributed by atoms with van der Waals surface area (Å²) in [6, 6.07) is 0. The summed E-state index contributed by atoms with van der Waals surface area (Å²) in [5.74, 6) is 1.75. The molecule has 0 saturated heterocycles. The Kier molecular flexibility index (Phi) is 0.765. The first-order chi connectivity index (χ1) is 4.20. The summed E-state index contributed by atoms with van der Waals surface area (Å²) in [6.07, 6.45) is 3.48. The van der Waals surface area contributed by atoms with Crippen LogP contribution in [-0.4, -0.2) is 11.4 Å². The summed E-state index contributed by atoms with van der Waals surface area (Å²) in [7, 11) is 0. The van der Waals surface area contributed by atoms with Crippen LogP contribution in [0.1, 0.15) is 26.2 Å². The Labute approximate surface area is 54.6 Å². The highest BCUT2D eigenvalue weighted by atomic mass is 16.1. The van der Waals surface area contributed by atoms with Crippen LogP contribution in [0.4, 0.5) is 0 Å². The lowest BCUT2D eigenvalue weighted by Gasteiger charge is -2.61. The van der Waals surface area contributed by atoms with Crippen LogP contribution < -0.4 is 5.32 Å². The molecule has 1 amide bonds. The highest BCUT2D eigenvalue weighted by Gasteiger charge is 2.57. The molecule has 0 aliphatic heterocycles. The topological polar surface area (TPSA) is 29.1 Å². The van der Waals surface area contributed by atoms with Gasteiger partial charge in [-0.15, -0.1) is 0 Å². The van der Waals surface area contributed by atoms with E-state index >= 15 is 0 Å². The molecule has 0 aromatic heterocycles. The molecule has 0 unspecified atom stereocenters. The van der Waals surface area contributed by atoms with Crippen molar-refractivity contribution in [3.8, 4) is 0 Å². The van der Waals surface area contributed by atoms with Crippen molar-refractivity contribution in [1.82, 2.24) is 5.32 Å². The SMILES string of the molecule is CC(=O)NC12C[C](C1)C2. The fourth-order valence-electron chi connectivity index (χ4n) is 1.79. The number of rotatable bonds is 1. The van der Waals surface area contributed by atoms with Gasteiger partial charge >= 0.3 is 0 Å². The number of amides is 1. The maximum Gasteiger partial charge on any atom is 0.217 e. The average Bonchev–Trinajstić information content (AvgIpc) is 1.50. The van der Waals surface area contributed by atoms with E-state index in [1.165, 1.54) is 0 Å². The van der Waals surface area contributed by atoms with Crippen molar-refractivity contribution >= 4 is 5.91 Å². The van der Waals surface area contributed by atoms with Crippen molar-refractivity contribution in [3.05, 3.63) is 5.92 Å². The maximum absolute atomic E-state index is 10.6. The summed E-state index contributed by atoms with van der Waals surface area (Å²) in [4.78, 5) is 10.6. The van der Waals surface area contributed by atoms with E-state index in [4.69, 9.17) is 0 Å². The van der Waals surface area contributed by atoms with Crippen molar-refractivity contribution < 1.29 is 4.79 Å². The van der Waals surface area contributed by atoms with Gasteiger partial charge < -0.3 is 5.32 Å². The van der Waals surface area contributed by atoms with Crippen LogP contribution >= 0.6 is 0 Å². The van der Waals surface area contributed by atoms with E-state index in [2.05, 4.69) is 5.32 Å². The normalized spacial score (nSPS) is 28.1. The van der Waals surface area contributed by atoms with Crippen molar-refractivity contribution in [2.75, 3.05) is 0 Å². The highest BCUT2D eigenvalue weighted by molar-refractivity contribution is 5.75. The Balaban J connectivity index is 1.92. The van der Waals surface area contributed by atoms with Crippen molar-refractivity contribution in [3.63, 3.8) is 0 Å². The Bertz CT molecular complexity index is 147. The van der Waals surface area contributed by atoms with Gasteiger partial charge in [-0.25, -0.2) is 0 Å². The van der Waals surface area contributed by atoms with Gasteiger partial charge in [-0.05, 0) is 25.2 Å². The number of hydrogen-bond acceptors (Lipinski definition) is 1. The third kappa shape index (κ3) is 0.590. The molecule has 49 valence electrons. The third-order valence-electron chi connectivity index (χ3n) is 2.21. The van der Waals surface area contributed by atoms with Crippen LogP contribution in [0.15, 0.2) is 0 Å². The van der Waals surface area contributed by atoms with Gasteiger partial charge in [0.05, 0.1) is 0 Å². The molecule has 3 aliphatic carbocycles. The second-order valence-electron chi connectivity index (χ2n) is 3.24. The molecular formula is C7H10NO. The maximum atomic E-state index is 10.6. The van der Waals surface area contributed by atoms with Crippen LogP contribution in [0.5, 0.6) is 0 Å². The summed E-state index contributed by atoms with van der Waals surface area (Å²) >= 11 is 0. The van der Waals surface area contributed by atoms with E-state index in [1.54, 1.807) is 12.8 Å². The van der Waals surface area contributed by atoms with E-state index in [1.807, 2.05) is 0 Å². The number of nitrogens with one attached hydrogen (secondary N) is 1. The fraction of sp³-hybridized carbons (Fsp3) is 0.714. The molecule has 9 heavy (non-hydrogen) atoms. The van der Waals surface area contributed by atoms with E-state index in [-0.39, 0.29) is 11.4 Å². The molecule has 3 rings (SSSR count). The summed E-state index contributed by atoms with van der Waals surface area (Å²) < 4.78 is 0. The second kappa shape index (κ2) is 1.31. The molecule has 0 aromatic rings. The number of carbonyl (C=O) groups excluding carboxylic acids is 1. The first kappa shape index (κ1) is 5.27. The molecule has 3 aliphatic rings. The van der Waals surface area contributed by atoms with E-state index in [0.717, 1.165) is 19.3 Å². The van der Waals surface area contributed by atoms with Crippen LogP contribution in [0.3, 0.4) is 0 Å². The quantitative estimate of drug-likeness (QED) is 0.546. The molecule has 0 heterocycles. The Morgan fingerprint density at radius 1 is 1.56 bits per heavy atom. The molecule has 0 spiro atoms. The number of carbonyl (C=O) groups is 1. The monoisotopic (exact) mass is 124 g/mol. The minimum atomic E-state index is 0.119. The molecule has 2 bridgehead atoms. The van der Waals surface area contributed by atoms with Gasteiger partial charge in [-0.1, -0.05) is 0 Å². The van der Waals surface area contributed by atoms with Crippen molar-refractivity contribution in [2.24, 2.45) is 0 Å². The van der Waals surface area contributed by atoms with Crippen molar-refractivity contribution in [1.29, 1.82) is 0 Å². The average molecular weight is 124 g/mol. The predicted octanol–water partition coefficient (Wildman–Crippen LogP) is 0.633. The van der Waals surface area contributed by atoms with Gasteiger partial charge in [0, 0.05) is 12.5 Å². The van der Waals surface area contributed by atoms with E-state index in [9.17, 15) is 4.79 Å². The number of hydrogen-bond donors (Lipinski definition) is 1. The van der Waals surface area contributed by atoms with Crippen LogP contribution in [0.25, 0.3) is 0 Å². The Hall–Kier alpha value is -0.530. The van der Waals surface area contributed by atoms with Crippen molar-refractivity contribution in [2.45, 2.75) is 31.7 Å². The summed E-state index contributed by atoms with van der Waals surface area (Å²) in [5.41, 5.74) is 0.251. The molecule has 0 aromatic carbocycles. The van der Waals surface area contributed by atoms with Crippen LogP contribution in [0, 0.1) is 5.92 Å². The molecule has 2 nitrogen and oxygen atoms in total. The van der Waals surface area contributed by atoms with Gasteiger partial charge in [-0.3, -0.25) is 4.79 Å². The lowest BCUT2D eigenvalue weighted by Crippen LogP contribution is -2.66. The first-order valence-electron chi connectivity index (χ1n) is 3.33. The zero-order valence-corrected chi connectivity index (χ0v) is 5.53. The van der Waals surface area contributed by atoms with Crippen LogP contribution in [-0.2, 0) is 4.79 Å². The summed E-state index contributed by atoms with van der Waals surface area (Å²) in [6.45, 7) is 1.59. The lowest BCUT2D eigenvalue weighted by molar-refractivity contribution is -0.123. The first-order valence-corrected chi connectivity index (χ1v) is 3.33.